The summed E-state index contributed by atoms with van der Waals surface area (Å²) in [5.74, 6) is -0.304. The lowest BCUT2D eigenvalue weighted by atomic mass is 10.1. The molecule has 1 aromatic carbocycles. The van der Waals surface area contributed by atoms with Crippen LogP contribution < -0.4 is 5.73 Å². The molecule has 15 heavy (non-hydrogen) atoms. The van der Waals surface area contributed by atoms with Crippen molar-refractivity contribution in [1.29, 1.82) is 0 Å². The molecule has 2 nitrogen and oxygen atoms in total. The fourth-order valence-electron chi connectivity index (χ4n) is 0.976. The summed E-state index contributed by atoms with van der Waals surface area (Å²) in [4.78, 5) is 0. The number of phenols is 1. The number of benzene rings is 1. The number of hydrogen-bond donors (Lipinski definition) is 2. The Morgan fingerprint density at radius 1 is 1.40 bits per heavy atom. The van der Waals surface area contributed by atoms with E-state index < -0.39 is 12.5 Å². The van der Waals surface area contributed by atoms with Crippen molar-refractivity contribution >= 4 is 39.9 Å². The van der Waals surface area contributed by atoms with Gasteiger partial charge in [0.15, 0.2) is 0 Å². The SMILES string of the molecule is Cl.N[C@H](c1cc(Cl)cc(Br)c1O)C(F)F. The number of aromatic hydroxyl groups is 1. The minimum absolute atomic E-state index is 0. The molecule has 0 bridgehead atoms. The molecule has 0 radical (unpaired) electrons. The van der Waals surface area contributed by atoms with Gasteiger partial charge in [-0.05, 0) is 28.1 Å². The van der Waals surface area contributed by atoms with Gasteiger partial charge in [0.05, 0.1) is 10.5 Å². The maximum atomic E-state index is 12.3. The highest BCUT2D eigenvalue weighted by molar-refractivity contribution is 9.10. The van der Waals surface area contributed by atoms with Crippen molar-refractivity contribution in [3.05, 3.63) is 27.2 Å². The Hall–Kier alpha value is -0.100. The van der Waals surface area contributed by atoms with Crippen LogP contribution in [0.1, 0.15) is 11.6 Å². The molecule has 7 heteroatoms. The lowest BCUT2D eigenvalue weighted by Gasteiger charge is -2.13. The van der Waals surface area contributed by atoms with Crippen LogP contribution in [0.3, 0.4) is 0 Å². The Balaban J connectivity index is 0.00000196. The van der Waals surface area contributed by atoms with Crippen LogP contribution in [0.4, 0.5) is 8.78 Å². The first-order valence-electron chi connectivity index (χ1n) is 3.65. The van der Waals surface area contributed by atoms with Gasteiger partial charge < -0.3 is 10.8 Å². The first kappa shape index (κ1) is 14.9. The third-order valence-corrected chi connectivity index (χ3v) is 2.51. The topological polar surface area (TPSA) is 46.2 Å². The van der Waals surface area contributed by atoms with Crippen molar-refractivity contribution in [3.8, 4) is 5.75 Å². The second kappa shape index (κ2) is 5.84. The molecule has 0 saturated carbocycles. The normalized spacial score (nSPS) is 12.4. The summed E-state index contributed by atoms with van der Waals surface area (Å²) < 4.78 is 24.8. The number of rotatable bonds is 2. The smallest absolute Gasteiger partial charge is 0.257 e. The zero-order valence-corrected chi connectivity index (χ0v) is 10.4. The lowest BCUT2D eigenvalue weighted by Crippen LogP contribution is -2.19. The van der Waals surface area contributed by atoms with Crippen LogP contribution >= 0.6 is 39.9 Å². The Morgan fingerprint density at radius 2 is 1.93 bits per heavy atom. The van der Waals surface area contributed by atoms with E-state index in [1.807, 2.05) is 0 Å². The minimum atomic E-state index is -2.74. The maximum absolute atomic E-state index is 12.3. The molecule has 0 saturated heterocycles. The van der Waals surface area contributed by atoms with Crippen LogP contribution in [0.25, 0.3) is 0 Å². The molecule has 0 amide bonds. The van der Waals surface area contributed by atoms with Gasteiger partial charge in [-0.2, -0.15) is 0 Å². The summed E-state index contributed by atoms with van der Waals surface area (Å²) in [5.41, 5.74) is 5.12. The average Bonchev–Trinajstić information content (AvgIpc) is 2.09. The molecule has 0 unspecified atom stereocenters. The van der Waals surface area contributed by atoms with Crippen LogP contribution in [-0.4, -0.2) is 11.5 Å². The first-order valence-corrected chi connectivity index (χ1v) is 4.82. The van der Waals surface area contributed by atoms with E-state index in [9.17, 15) is 13.9 Å². The molecule has 3 N–H and O–H groups in total. The molecule has 1 atom stereocenters. The number of alkyl halides is 2. The highest BCUT2D eigenvalue weighted by atomic mass is 79.9. The fraction of sp³-hybridized carbons (Fsp3) is 0.250. The summed E-state index contributed by atoms with van der Waals surface area (Å²) in [7, 11) is 0. The lowest BCUT2D eigenvalue weighted by molar-refractivity contribution is 0.115. The second-order valence-corrected chi connectivity index (χ2v) is 3.98. The highest BCUT2D eigenvalue weighted by Gasteiger charge is 2.22. The van der Waals surface area contributed by atoms with E-state index in [1.54, 1.807) is 0 Å². The molecule has 0 aliphatic carbocycles. The molecular formula is C8H8BrCl2F2NO. The Labute approximate surface area is 105 Å². The Bertz CT molecular complexity index is 352. The van der Waals surface area contributed by atoms with Gasteiger partial charge in [0, 0.05) is 10.6 Å². The van der Waals surface area contributed by atoms with Crippen molar-refractivity contribution in [3.63, 3.8) is 0 Å². The van der Waals surface area contributed by atoms with Crippen LogP contribution in [-0.2, 0) is 0 Å². The molecule has 0 aliphatic rings. The molecule has 0 spiro atoms. The predicted octanol–water partition coefficient (Wildman–Crippen LogP) is 3.49. The molecule has 1 rings (SSSR count). The highest BCUT2D eigenvalue weighted by Crippen LogP contribution is 2.35. The quantitative estimate of drug-likeness (QED) is 0.875. The predicted molar refractivity (Wildman–Crippen MR) is 61.0 cm³/mol. The minimum Gasteiger partial charge on any atom is -0.506 e. The summed E-state index contributed by atoms with van der Waals surface area (Å²) in [6.45, 7) is 0. The van der Waals surface area contributed by atoms with Gasteiger partial charge in [-0.1, -0.05) is 11.6 Å². The monoisotopic (exact) mass is 321 g/mol. The van der Waals surface area contributed by atoms with Gasteiger partial charge in [-0.3, -0.25) is 0 Å². The van der Waals surface area contributed by atoms with Gasteiger partial charge in [0.25, 0.3) is 6.43 Å². The maximum Gasteiger partial charge on any atom is 0.257 e. The number of hydrogen-bond acceptors (Lipinski definition) is 2. The molecular weight excluding hydrogens is 315 g/mol. The van der Waals surface area contributed by atoms with Crippen molar-refractivity contribution in [2.45, 2.75) is 12.5 Å². The zero-order valence-electron chi connectivity index (χ0n) is 7.25. The van der Waals surface area contributed by atoms with E-state index in [4.69, 9.17) is 17.3 Å². The standard InChI is InChI=1S/C8H7BrClF2NO.ClH/c9-5-2-3(10)1-4(7(5)14)6(13)8(11)12;/h1-2,6,8,14H,13H2;1H/t6-;/m1./s1. The molecule has 1 aromatic rings. The zero-order chi connectivity index (χ0) is 10.9. The van der Waals surface area contributed by atoms with Crippen LogP contribution in [0.5, 0.6) is 5.75 Å². The molecule has 0 aromatic heterocycles. The molecule has 0 aliphatic heterocycles. The van der Waals surface area contributed by atoms with Crippen LogP contribution in [0, 0.1) is 0 Å². The van der Waals surface area contributed by atoms with E-state index in [-0.39, 0.29) is 33.2 Å². The van der Waals surface area contributed by atoms with Gasteiger partial charge in [0.2, 0.25) is 0 Å². The number of halogens is 5. The van der Waals surface area contributed by atoms with Crippen molar-refractivity contribution in [2.75, 3.05) is 0 Å². The largest absolute Gasteiger partial charge is 0.506 e. The van der Waals surface area contributed by atoms with E-state index in [0.29, 0.717) is 0 Å². The fourth-order valence-corrected chi connectivity index (χ4v) is 1.81. The molecule has 0 fully saturated rings. The second-order valence-electron chi connectivity index (χ2n) is 2.69. The van der Waals surface area contributed by atoms with Gasteiger partial charge in [-0.15, -0.1) is 12.4 Å². The van der Waals surface area contributed by atoms with E-state index >= 15 is 0 Å². The summed E-state index contributed by atoms with van der Waals surface area (Å²) in [6, 6.07) is 1.09. The van der Waals surface area contributed by atoms with Crippen molar-refractivity contribution in [1.82, 2.24) is 0 Å². The summed E-state index contributed by atoms with van der Waals surface area (Å²) in [6.07, 6.45) is -2.74. The Morgan fingerprint density at radius 3 is 2.40 bits per heavy atom. The van der Waals surface area contributed by atoms with Crippen molar-refractivity contribution < 1.29 is 13.9 Å². The summed E-state index contributed by atoms with van der Waals surface area (Å²) >= 11 is 8.61. The van der Waals surface area contributed by atoms with Crippen LogP contribution in [0.2, 0.25) is 5.02 Å². The molecule has 0 heterocycles. The van der Waals surface area contributed by atoms with Crippen LogP contribution in [0.15, 0.2) is 16.6 Å². The van der Waals surface area contributed by atoms with E-state index in [1.165, 1.54) is 12.1 Å². The third kappa shape index (κ3) is 3.45. The van der Waals surface area contributed by atoms with Gasteiger partial charge in [-0.25, -0.2) is 8.78 Å². The van der Waals surface area contributed by atoms with E-state index in [2.05, 4.69) is 15.9 Å². The van der Waals surface area contributed by atoms with Crippen molar-refractivity contribution in [2.24, 2.45) is 5.73 Å². The van der Waals surface area contributed by atoms with Gasteiger partial charge in [0.1, 0.15) is 5.75 Å². The third-order valence-electron chi connectivity index (χ3n) is 1.69. The number of nitrogens with two attached hydrogens (primary N) is 1. The average molecular weight is 323 g/mol. The number of phenolic OH excluding ortho intramolecular Hbond substituents is 1. The molecule has 86 valence electrons. The first-order chi connectivity index (χ1) is 6.43. The Kier molecular flexibility index (Phi) is 5.80. The summed E-state index contributed by atoms with van der Waals surface area (Å²) in [5, 5.41) is 9.66. The van der Waals surface area contributed by atoms with E-state index in [0.717, 1.165) is 0 Å². The van der Waals surface area contributed by atoms with Gasteiger partial charge >= 0.3 is 0 Å².